The number of hydrogen-bond donors (Lipinski definition) is 5. The van der Waals surface area contributed by atoms with E-state index in [4.69, 9.17) is 9.90 Å². The molecule has 2 rings (SSSR count). The Kier molecular flexibility index (Phi) is 7.85. The fourth-order valence-electron chi connectivity index (χ4n) is 1.99. The zero-order valence-electron chi connectivity index (χ0n) is 11.7. The maximum atomic E-state index is 11.7. The number of carbonyl (C=O) groups excluding carboxylic acids is 1. The number of hydrogen-bond acceptors (Lipinski definition) is 4. The van der Waals surface area contributed by atoms with E-state index in [1.807, 2.05) is 30.3 Å². The Balaban J connectivity index is 0.000000677. The minimum atomic E-state index is -0.464. The van der Waals surface area contributed by atoms with E-state index >= 15 is 0 Å². The highest BCUT2D eigenvalue weighted by Gasteiger charge is 2.23. The third-order valence-electron chi connectivity index (χ3n) is 3.06. The average Bonchev–Trinajstić information content (AvgIpc) is 2.49. The summed E-state index contributed by atoms with van der Waals surface area (Å²) < 4.78 is 0. The van der Waals surface area contributed by atoms with E-state index in [1.54, 1.807) is 0 Å². The van der Waals surface area contributed by atoms with Gasteiger partial charge in [0, 0.05) is 13.1 Å². The fraction of sp³-hybridized carbons (Fsp3) is 0.429. The summed E-state index contributed by atoms with van der Waals surface area (Å²) in [7, 11) is 0. The summed E-state index contributed by atoms with van der Waals surface area (Å²) in [6.07, 6.45) is 0.206. The van der Waals surface area contributed by atoms with Crippen molar-refractivity contribution < 1.29 is 19.8 Å². The number of carbonyl (C=O) groups is 2. The van der Waals surface area contributed by atoms with E-state index < -0.39 is 6.10 Å². The van der Waals surface area contributed by atoms with Gasteiger partial charge in [0.05, 0.1) is 12.1 Å². The number of carboxylic acid groups (broad SMARTS) is 1. The lowest BCUT2D eigenvalue weighted by atomic mass is 10.0. The number of urea groups is 1. The molecule has 1 aliphatic rings. The van der Waals surface area contributed by atoms with Gasteiger partial charge in [-0.3, -0.25) is 4.79 Å². The maximum Gasteiger partial charge on any atom is 0.315 e. The zero-order valence-corrected chi connectivity index (χ0v) is 11.7. The van der Waals surface area contributed by atoms with E-state index in [9.17, 15) is 9.90 Å². The van der Waals surface area contributed by atoms with E-state index in [0.717, 1.165) is 12.1 Å². The van der Waals surface area contributed by atoms with E-state index in [0.29, 0.717) is 19.5 Å². The number of nitrogens with one attached hydrogen (secondary N) is 3. The van der Waals surface area contributed by atoms with Crippen LogP contribution >= 0.6 is 0 Å². The van der Waals surface area contributed by atoms with Gasteiger partial charge >= 0.3 is 6.03 Å². The van der Waals surface area contributed by atoms with Crippen molar-refractivity contribution in [2.45, 2.75) is 25.1 Å². The Hall–Kier alpha value is -2.12. The lowest BCUT2D eigenvalue weighted by Gasteiger charge is -2.29. The molecule has 1 saturated heterocycles. The largest absolute Gasteiger partial charge is 0.483 e. The molecule has 0 aromatic heterocycles. The van der Waals surface area contributed by atoms with Gasteiger partial charge < -0.3 is 26.2 Å². The Morgan fingerprint density at radius 1 is 1.38 bits per heavy atom. The highest BCUT2D eigenvalue weighted by atomic mass is 16.3. The summed E-state index contributed by atoms with van der Waals surface area (Å²) in [5, 5.41) is 25.3. The smallest absolute Gasteiger partial charge is 0.315 e. The van der Waals surface area contributed by atoms with Crippen LogP contribution in [0.1, 0.15) is 12.0 Å². The number of benzene rings is 1. The number of amides is 2. The minimum absolute atomic E-state index is 0.213. The van der Waals surface area contributed by atoms with Crippen LogP contribution in [0.3, 0.4) is 0 Å². The van der Waals surface area contributed by atoms with Crippen LogP contribution in [0.4, 0.5) is 4.79 Å². The summed E-state index contributed by atoms with van der Waals surface area (Å²) >= 11 is 0. The third-order valence-corrected chi connectivity index (χ3v) is 3.06. The van der Waals surface area contributed by atoms with Gasteiger partial charge in [-0.1, -0.05) is 30.3 Å². The minimum Gasteiger partial charge on any atom is -0.483 e. The second-order valence-electron chi connectivity index (χ2n) is 4.58. The van der Waals surface area contributed by atoms with Crippen LogP contribution in [-0.2, 0) is 11.3 Å². The van der Waals surface area contributed by atoms with Gasteiger partial charge in [-0.15, -0.1) is 0 Å². The quantitative estimate of drug-likeness (QED) is 0.501. The Labute approximate surface area is 123 Å². The molecule has 7 heteroatoms. The molecule has 7 nitrogen and oxygen atoms in total. The molecular weight excluding hydrogens is 274 g/mol. The number of aliphatic hydroxyl groups excluding tert-OH is 1. The van der Waals surface area contributed by atoms with Crippen molar-refractivity contribution in [2.24, 2.45) is 0 Å². The van der Waals surface area contributed by atoms with Crippen LogP contribution in [0.15, 0.2) is 30.3 Å². The molecule has 0 unspecified atom stereocenters. The molecule has 1 aromatic rings. The predicted molar refractivity (Wildman–Crippen MR) is 77.8 cm³/mol. The number of aliphatic hydroxyl groups is 1. The molecule has 1 heterocycles. The highest BCUT2D eigenvalue weighted by Crippen LogP contribution is 2.03. The van der Waals surface area contributed by atoms with Crippen molar-refractivity contribution in [3.8, 4) is 0 Å². The topological polar surface area (TPSA) is 111 Å². The van der Waals surface area contributed by atoms with Crippen LogP contribution in [0.2, 0.25) is 0 Å². The normalized spacial score (nSPS) is 20.6. The van der Waals surface area contributed by atoms with Gasteiger partial charge in [-0.05, 0) is 18.5 Å². The maximum absolute atomic E-state index is 11.7. The van der Waals surface area contributed by atoms with Gasteiger partial charge in [-0.2, -0.15) is 0 Å². The van der Waals surface area contributed by atoms with Crippen LogP contribution in [0.5, 0.6) is 0 Å². The Bertz CT molecular complexity index is 427. The second kappa shape index (κ2) is 9.73. The molecule has 5 N–H and O–H groups in total. The van der Waals surface area contributed by atoms with Crippen molar-refractivity contribution in [3.63, 3.8) is 0 Å². The van der Waals surface area contributed by atoms with E-state index in [2.05, 4.69) is 16.0 Å². The SMILES string of the molecule is O=C(NCc1ccccc1)N[C@H]1CNCC[C@H]1O.O=CO. The van der Waals surface area contributed by atoms with Crippen LogP contribution in [0.25, 0.3) is 0 Å². The molecule has 1 fully saturated rings. The first-order valence-corrected chi connectivity index (χ1v) is 6.72. The molecule has 2 amide bonds. The first kappa shape index (κ1) is 16.9. The Morgan fingerprint density at radius 3 is 2.67 bits per heavy atom. The standard InChI is InChI=1S/C13H19N3O2.CH2O2/c17-12-6-7-14-9-11(12)16-13(18)15-8-10-4-2-1-3-5-10;2-1-3/h1-5,11-12,14,17H,6-9H2,(H2,15,16,18);1H,(H,2,3)/t11-,12+;/m0./s1. The van der Waals surface area contributed by atoms with Crippen molar-refractivity contribution >= 4 is 12.5 Å². The van der Waals surface area contributed by atoms with Crippen molar-refractivity contribution in [2.75, 3.05) is 13.1 Å². The molecule has 0 bridgehead atoms. The molecule has 0 spiro atoms. The number of rotatable bonds is 3. The molecule has 1 aromatic carbocycles. The number of piperidine rings is 1. The molecule has 0 aliphatic carbocycles. The molecule has 1 aliphatic heterocycles. The summed E-state index contributed by atoms with van der Waals surface area (Å²) in [6.45, 7) is 1.65. The van der Waals surface area contributed by atoms with Crippen LogP contribution < -0.4 is 16.0 Å². The zero-order chi connectivity index (χ0) is 15.5. The van der Waals surface area contributed by atoms with E-state index in [-0.39, 0.29) is 18.5 Å². The van der Waals surface area contributed by atoms with Gasteiger partial charge in [0.1, 0.15) is 0 Å². The predicted octanol–water partition coefficient (Wildman–Crippen LogP) is -0.0906. The molecule has 0 saturated carbocycles. The van der Waals surface area contributed by atoms with Gasteiger partial charge in [0.15, 0.2) is 0 Å². The molecule has 0 radical (unpaired) electrons. The third kappa shape index (κ3) is 6.73. The lowest BCUT2D eigenvalue weighted by Crippen LogP contribution is -2.55. The van der Waals surface area contributed by atoms with Crippen molar-refractivity contribution in [1.29, 1.82) is 0 Å². The Morgan fingerprint density at radius 2 is 2.05 bits per heavy atom. The summed E-state index contributed by atoms with van der Waals surface area (Å²) in [5.41, 5.74) is 1.05. The average molecular weight is 295 g/mol. The highest BCUT2D eigenvalue weighted by molar-refractivity contribution is 5.74. The van der Waals surface area contributed by atoms with Gasteiger partial charge in [0.25, 0.3) is 6.47 Å². The monoisotopic (exact) mass is 295 g/mol. The molecule has 21 heavy (non-hydrogen) atoms. The van der Waals surface area contributed by atoms with Gasteiger partial charge in [0.2, 0.25) is 0 Å². The van der Waals surface area contributed by atoms with E-state index in [1.165, 1.54) is 0 Å². The lowest BCUT2D eigenvalue weighted by molar-refractivity contribution is -0.122. The molecular formula is C14H21N3O4. The second-order valence-corrected chi connectivity index (χ2v) is 4.58. The summed E-state index contributed by atoms with van der Waals surface area (Å²) in [6, 6.07) is 9.26. The van der Waals surface area contributed by atoms with Crippen molar-refractivity contribution in [3.05, 3.63) is 35.9 Å². The summed E-state index contributed by atoms with van der Waals surface area (Å²) in [5.74, 6) is 0. The first-order valence-electron chi connectivity index (χ1n) is 6.72. The van der Waals surface area contributed by atoms with Crippen LogP contribution in [-0.4, -0.2) is 48.0 Å². The van der Waals surface area contributed by atoms with Gasteiger partial charge in [-0.25, -0.2) is 4.79 Å². The molecule has 2 atom stereocenters. The molecule has 116 valence electrons. The van der Waals surface area contributed by atoms with Crippen LogP contribution in [0, 0.1) is 0 Å². The fourth-order valence-corrected chi connectivity index (χ4v) is 1.99. The first-order chi connectivity index (χ1) is 10.2. The van der Waals surface area contributed by atoms with Crippen molar-refractivity contribution in [1.82, 2.24) is 16.0 Å². The summed E-state index contributed by atoms with van der Waals surface area (Å²) in [4.78, 5) is 20.0.